The number of hydrogen-bond donors (Lipinski definition) is 3. The van der Waals surface area contributed by atoms with E-state index < -0.39 is 17.7 Å². The molecule has 1 aromatic carbocycles. The molecule has 26 heavy (non-hydrogen) atoms. The van der Waals surface area contributed by atoms with Gasteiger partial charge in [-0.25, -0.2) is 0 Å². The molecule has 0 saturated heterocycles. The van der Waals surface area contributed by atoms with Gasteiger partial charge in [-0.3, -0.25) is 9.59 Å². The first-order chi connectivity index (χ1) is 12.2. The second kappa shape index (κ2) is 10.4. The molecule has 0 aliphatic heterocycles. The highest BCUT2D eigenvalue weighted by atomic mass is 16.4. The van der Waals surface area contributed by atoms with Crippen molar-refractivity contribution in [3.8, 4) is 11.5 Å². The monoisotopic (exact) mass is 360 g/mol. The lowest BCUT2D eigenvalue weighted by molar-refractivity contribution is -0.141. The van der Waals surface area contributed by atoms with Crippen molar-refractivity contribution in [2.45, 2.75) is 52.9 Å². The minimum Gasteiger partial charge on any atom is -0.508 e. The van der Waals surface area contributed by atoms with Gasteiger partial charge in [0.2, 0.25) is 0 Å². The van der Waals surface area contributed by atoms with Gasteiger partial charge in [0, 0.05) is 6.42 Å². The molecule has 0 saturated carbocycles. The number of carboxylic acid groups (broad SMARTS) is 1. The van der Waals surface area contributed by atoms with Crippen LogP contribution in [0.1, 0.15) is 63.2 Å². The van der Waals surface area contributed by atoms with Crippen LogP contribution in [0.15, 0.2) is 41.5 Å². The van der Waals surface area contributed by atoms with Gasteiger partial charge in [0.1, 0.15) is 11.5 Å². The third-order valence-electron chi connectivity index (χ3n) is 4.16. The molecule has 0 radical (unpaired) electrons. The van der Waals surface area contributed by atoms with Crippen LogP contribution in [0.4, 0.5) is 0 Å². The number of carboxylic acids is 1. The van der Waals surface area contributed by atoms with Gasteiger partial charge in [0.05, 0.1) is 11.5 Å². The highest BCUT2D eigenvalue weighted by Crippen LogP contribution is 2.26. The summed E-state index contributed by atoms with van der Waals surface area (Å²) < 4.78 is 0. The number of hydrogen-bond acceptors (Lipinski definition) is 4. The van der Waals surface area contributed by atoms with Gasteiger partial charge in [-0.05, 0) is 64.7 Å². The van der Waals surface area contributed by atoms with Crippen LogP contribution >= 0.6 is 0 Å². The molecule has 142 valence electrons. The van der Waals surface area contributed by atoms with E-state index in [1.165, 1.54) is 23.3 Å². The first-order valence-electron chi connectivity index (χ1n) is 8.77. The van der Waals surface area contributed by atoms with Gasteiger partial charge in [0.25, 0.3) is 0 Å². The number of carbonyl (C=O) groups is 2. The Bertz CT molecular complexity index is 696. The molecule has 0 heterocycles. The molecule has 0 aromatic heterocycles. The summed E-state index contributed by atoms with van der Waals surface area (Å²) >= 11 is 0. The van der Waals surface area contributed by atoms with Crippen molar-refractivity contribution in [2.24, 2.45) is 5.92 Å². The van der Waals surface area contributed by atoms with E-state index in [-0.39, 0.29) is 23.5 Å². The standard InChI is InChI=1S/C21H28O5/c1-14(2)6-4-7-15(3)8-5-9-16(21(25)26)12-20(24)18-13-17(22)10-11-19(18)23/h6,8,10-11,13,16,22-23H,4-5,7,9,12H2,1-3H3,(H,25,26)/b15-8+/t16-/m0/s1. The number of allylic oxidation sites excluding steroid dienone is 4. The maximum atomic E-state index is 12.3. The fourth-order valence-corrected chi connectivity index (χ4v) is 2.62. The maximum absolute atomic E-state index is 12.3. The van der Waals surface area contributed by atoms with Crippen LogP contribution in [0.5, 0.6) is 11.5 Å². The van der Waals surface area contributed by atoms with Crippen molar-refractivity contribution in [2.75, 3.05) is 0 Å². The lowest BCUT2D eigenvalue weighted by Crippen LogP contribution is -2.18. The quantitative estimate of drug-likeness (QED) is 0.315. The highest BCUT2D eigenvalue weighted by molar-refractivity contribution is 6.00. The number of benzene rings is 1. The molecule has 0 spiro atoms. The summed E-state index contributed by atoms with van der Waals surface area (Å²) in [5, 5.41) is 28.5. The smallest absolute Gasteiger partial charge is 0.306 e. The van der Waals surface area contributed by atoms with Crippen LogP contribution in [-0.2, 0) is 4.79 Å². The summed E-state index contributed by atoms with van der Waals surface area (Å²) in [6.07, 6.45) is 6.79. The van der Waals surface area contributed by atoms with E-state index in [2.05, 4.69) is 19.9 Å². The zero-order valence-corrected chi connectivity index (χ0v) is 15.7. The molecule has 0 amide bonds. The van der Waals surface area contributed by atoms with Crippen molar-refractivity contribution >= 4 is 11.8 Å². The number of aromatic hydroxyl groups is 2. The SMILES string of the molecule is CC(C)=CCC/C(C)=C/CC[C@@H](CC(=O)c1cc(O)ccc1O)C(=O)O. The van der Waals surface area contributed by atoms with E-state index in [1.807, 2.05) is 13.0 Å². The Hall–Kier alpha value is -2.56. The third-order valence-corrected chi connectivity index (χ3v) is 4.16. The second-order valence-corrected chi connectivity index (χ2v) is 6.81. The van der Waals surface area contributed by atoms with Crippen LogP contribution in [0.2, 0.25) is 0 Å². The van der Waals surface area contributed by atoms with E-state index in [9.17, 15) is 24.9 Å². The van der Waals surface area contributed by atoms with Crippen molar-refractivity contribution in [3.63, 3.8) is 0 Å². The Morgan fingerprint density at radius 3 is 2.38 bits per heavy atom. The molecule has 0 aliphatic carbocycles. The number of phenols is 2. The van der Waals surface area contributed by atoms with E-state index >= 15 is 0 Å². The van der Waals surface area contributed by atoms with E-state index in [0.29, 0.717) is 12.8 Å². The maximum Gasteiger partial charge on any atom is 0.306 e. The number of phenolic OH excluding ortho intramolecular Hbond substituents is 2. The summed E-state index contributed by atoms with van der Waals surface area (Å²) in [5.74, 6) is -2.75. The Morgan fingerprint density at radius 2 is 1.77 bits per heavy atom. The first-order valence-corrected chi connectivity index (χ1v) is 8.77. The number of rotatable bonds is 10. The molecule has 1 atom stereocenters. The molecule has 0 bridgehead atoms. The van der Waals surface area contributed by atoms with E-state index in [1.54, 1.807) is 0 Å². The summed E-state index contributed by atoms with van der Waals surface area (Å²) in [6, 6.07) is 3.64. The van der Waals surface area contributed by atoms with Crippen LogP contribution in [0.25, 0.3) is 0 Å². The van der Waals surface area contributed by atoms with Gasteiger partial charge in [-0.1, -0.05) is 23.3 Å². The third kappa shape index (κ3) is 7.55. The zero-order valence-electron chi connectivity index (χ0n) is 15.7. The molecule has 1 aromatic rings. The predicted molar refractivity (Wildman–Crippen MR) is 102 cm³/mol. The van der Waals surface area contributed by atoms with Gasteiger partial charge in [-0.2, -0.15) is 0 Å². The Balaban J connectivity index is 2.64. The van der Waals surface area contributed by atoms with Gasteiger partial charge in [-0.15, -0.1) is 0 Å². The predicted octanol–water partition coefficient (Wildman–Crippen LogP) is 4.84. The number of ketones is 1. The zero-order chi connectivity index (χ0) is 19.7. The molecule has 3 N–H and O–H groups in total. The first kappa shape index (κ1) is 21.5. The highest BCUT2D eigenvalue weighted by Gasteiger charge is 2.23. The van der Waals surface area contributed by atoms with Crippen molar-refractivity contribution in [1.82, 2.24) is 0 Å². The van der Waals surface area contributed by atoms with Crippen LogP contribution < -0.4 is 0 Å². The van der Waals surface area contributed by atoms with E-state index in [4.69, 9.17) is 0 Å². The van der Waals surface area contributed by atoms with Gasteiger partial charge in [0.15, 0.2) is 5.78 Å². The van der Waals surface area contributed by atoms with Gasteiger partial charge < -0.3 is 15.3 Å². The van der Waals surface area contributed by atoms with Gasteiger partial charge >= 0.3 is 5.97 Å². The second-order valence-electron chi connectivity index (χ2n) is 6.81. The lowest BCUT2D eigenvalue weighted by Gasteiger charge is -2.11. The minimum atomic E-state index is -1.03. The average Bonchev–Trinajstić information content (AvgIpc) is 2.55. The molecule has 0 fully saturated rings. The summed E-state index contributed by atoms with van der Waals surface area (Å²) in [7, 11) is 0. The van der Waals surface area contributed by atoms with Crippen molar-refractivity contribution < 1.29 is 24.9 Å². The fraction of sp³-hybridized carbons (Fsp3) is 0.429. The minimum absolute atomic E-state index is 0.0512. The van der Waals surface area contributed by atoms with Crippen LogP contribution in [-0.4, -0.2) is 27.1 Å². The van der Waals surface area contributed by atoms with E-state index in [0.717, 1.165) is 18.9 Å². The Labute approximate surface area is 154 Å². The Morgan fingerprint density at radius 1 is 1.08 bits per heavy atom. The molecule has 5 heteroatoms. The summed E-state index contributed by atoms with van der Waals surface area (Å²) in [5.41, 5.74) is 2.42. The lowest BCUT2D eigenvalue weighted by atomic mass is 9.93. The fourth-order valence-electron chi connectivity index (χ4n) is 2.62. The van der Waals surface area contributed by atoms with Crippen LogP contribution in [0, 0.1) is 5.92 Å². The molecular weight excluding hydrogens is 332 g/mol. The number of aliphatic carboxylic acids is 1. The molecule has 0 aliphatic rings. The largest absolute Gasteiger partial charge is 0.508 e. The van der Waals surface area contributed by atoms with Crippen molar-refractivity contribution in [1.29, 1.82) is 0 Å². The summed E-state index contributed by atoms with van der Waals surface area (Å²) in [4.78, 5) is 23.7. The van der Waals surface area contributed by atoms with Crippen molar-refractivity contribution in [3.05, 3.63) is 47.1 Å². The summed E-state index contributed by atoms with van der Waals surface area (Å²) in [6.45, 7) is 6.13. The number of Topliss-reactive ketones (excluding diaryl/α,β-unsaturated/α-hetero) is 1. The van der Waals surface area contributed by atoms with Crippen LogP contribution in [0.3, 0.4) is 0 Å². The topological polar surface area (TPSA) is 94.8 Å². The Kier molecular flexibility index (Phi) is 8.62. The molecular formula is C21H28O5. The normalized spacial score (nSPS) is 12.5. The molecule has 5 nitrogen and oxygen atoms in total. The molecule has 1 rings (SSSR count). The molecule has 0 unspecified atom stereocenters. The average molecular weight is 360 g/mol. The number of carbonyl (C=O) groups excluding carboxylic acids is 1.